The lowest BCUT2D eigenvalue weighted by atomic mass is 10.1. The zero-order valence-electron chi connectivity index (χ0n) is 10.7. The predicted molar refractivity (Wildman–Crippen MR) is 67.9 cm³/mol. The number of thiazole rings is 1. The molecule has 3 heterocycles. The van der Waals surface area contributed by atoms with Gasteiger partial charge in [0.15, 0.2) is 0 Å². The molecule has 0 aromatic carbocycles. The number of nitrogens with zero attached hydrogens (tertiary/aromatic N) is 4. The van der Waals surface area contributed by atoms with Crippen molar-refractivity contribution < 1.29 is 24.1 Å². The molecule has 0 radical (unpaired) electrons. The van der Waals surface area contributed by atoms with E-state index in [0.29, 0.717) is 16.7 Å². The van der Waals surface area contributed by atoms with E-state index in [1.807, 2.05) is 0 Å². The lowest BCUT2D eigenvalue weighted by Crippen LogP contribution is -2.62. The van der Waals surface area contributed by atoms with Crippen molar-refractivity contribution in [1.29, 1.82) is 0 Å². The van der Waals surface area contributed by atoms with Gasteiger partial charge in [-0.05, 0) is 4.99 Å². The molecule has 1 N–H and O–H groups in total. The van der Waals surface area contributed by atoms with Gasteiger partial charge in [0.2, 0.25) is 0 Å². The number of carbonyl (C=O) groups is 3. The number of hydrogen-bond acceptors (Lipinski definition) is 5. The third-order valence-electron chi connectivity index (χ3n) is 3.34. The number of amidine groups is 1. The highest BCUT2D eigenvalue weighted by molar-refractivity contribution is 7.13. The molecule has 9 heteroatoms. The molecule has 1 saturated heterocycles. The van der Waals surface area contributed by atoms with E-state index in [0.717, 1.165) is 4.90 Å². The summed E-state index contributed by atoms with van der Waals surface area (Å²) in [6, 6.07) is -1.20. The number of rotatable bonds is 2. The molecule has 1 unspecified atom stereocenters. The Kier molecular flexibility index (Phi) is 2.61. The van der Waals surface area contributed by atoms with E-state index in [9.17, 15) is 14.4 Å². The molecule has 1 aromatic heterocycles. The Morgan fingerprint density at radius 3 is 2.80 bits per heavy atom. The molecular weight excluding hydrogens is 284 g/mol. The van der Waals surface area contributed by atoms with Gasteiger partial charge in [-0.2, -0.15) is 4.57 Å². The van der Waals surface area contributed by atoms with E-state index < -0.39 is 23.9 Å². The molecule has 20 heavy (non-hydrogen) atoms. The fraction of sp³-hybridized carbons (Fsp3) is 0.364. The molecule has 0 bridgehead atoms. The van der Waals surface area contributed by atoms with Gasteiger partial charge in [-0.3, -0.25) is 19.4 Å². The summed E-state index contributed by atoms with van der Waals surface area (Å²) in [4.78, 5) is 41.7. The number of fused-ring (bicyclic) bond motifs is 3. The number of carboxylic acids is 1. The van der Waals surface area contributed by atoms with Crippen molar-refractivity contribution >= 4 is 40.2 Å². The van der Waals surface area contributed by atoms with Crippen LogP contribution in [0, 0.1) is 0 Å². The van der Waals surface area contributed by atoms with Crippen LogP contribution in [0.15, 0.2) is 10.4 Å². The first-order chi connectivity index (χ1) is 9.41. The van der Waals surface area contributed by atoms with Crippen LogP contribution < -0.4 is 4.57 Å². The average Bonchev–Trinajstić information content (AvgIpc) is 2.93. The Morgan fingerprint density at radius 2 is 2.15 bits per heavy atom. The highest BCUT2D eigenvalue weighted by Gasteiger charge is 2.53. The van der Waals surface area contributed by atoms with E-state index in [-0.39, 0.29) is 6.42 Å². The Hall–Kier alpha value is -2.29. The number of aromatic nitrogens is 1. The van der Waals surface area contributed by atoms with Gasteiger partial charge in [0.05, 0.1) is 0 Å². The van der Waals surface area contributed by atoms with Crippen molar-refractivity contribution in [3.8, 4) is 0 Å². The van der Waals surface area contributed by atoms with E-state index in [4.69, 9.17) is 5.11 Å². The van der Waals surface area contributed by atoms with Crippen LogP contribution in [0.3, 0.4) is 0 Å². The van der Waals surface area contributed by atoms with Crippen LogP contribution in [-0.2, 0) is 16.0 Å². The number of urea groups is 1. The normalized spacial score (nSPS) is 20.9. The predicted octanol–water partition coefficient (Wildman–Crippen LogP) is -0.229. The number of aliphatic imine (C=N–C) groups is 1. The number of hydrogen-bond donors (Lipinski definition) is 1. The van der Waals surface area contributed by atoms with E-state index >= 15 is 0 Å². The quantitative estimate of drug-likeness (QED) is 0.763. The van der Waals surface area contributed by atoms with Crippen LogP contribution in [0.1, 0.15) is 11.7 Å². The summed E-state index contributed by atoms with van der Waals surface area (Å²) >= 11 is 1.26. The van der Waals surface area contributed by atoms with Gasteiger partial charge in [0.25, 0.3) is 17.8 Å². The summed E-state index contributed by atoms with van der Waals surface area (Å²) in [5.74, 6) is -1.04. The topological polar surface area (TPSA) is 94.2 Å². The SMILES string of the molecule is CN1C(=O)C2C(=Nc3scc(CC(=O)O)[n+]32)N(C)C1=O. The smallest absolute Gasteiger partial charge is 0.385 e. The number of imide groups is 1. The molecule has 0 spiro atoms. The highest BCUT2D eigenvalue weighted by atomic mass is 32.1. The van der Waals surface area contributed by atoms with E-state index in [1.54, 1.807) is 17.0 Å². The second-order valence-corrected chi connectivity index (χ2v) is 5.40. The molecule has 1 aromatic rings. The minimum Gasteiger partial charge on any atom is -0.481 e. The number of aliphatic carboxylic acids is 1. The Bertz CT molecular complexity index is 680. The molecule has 8 nitrogen and oxygen atoms in total. The number of carboxylic acid groups (broad SMARTS) is 1. The van der Waals surface area contributed by atoms with E-state index in [2.05, 4.69) is 4.99 Å². The van der Waals surface area contributed by atoms with Crippen LogP contribution >= 0.6 is 11.3 Å². The minimum absolute atomic E-state index is 0.190. The molecule has 0 aliphatic carbocycles. The standard InChI is InChI=1S/C11H10N4O4S/c1-13-8-7(9(18)14(2)11(13)19)15-5(3-6(16)17)4-20-10(15)12-8/h4,7H,3H2,1-2H3/p+1. The van der Waals surface area contributed by atoms with Crippen LogP contribution in [0.4, 0.5) is 9.93 Å². The maximum absolute atomic E-state index is 12.3. The second-order valence-electron chi connectivity index (χ2n) is 4.56. The van der Waals surface area contributed by atoms with Gasteiger partial charge in [-0.25, -0.2) is 4.79 Å². The largest absolute Gasteiger partial charge is 0.481 e. The zero-order valence-corrected chi connectivity index (χ0v) is 11.5. The molecule has 1 fully saturated rings. The van der Waals surface area contributed by atoms with Gasteiger partial charge < -0.3 is 5.11 Å². The minimum atomic E-state index is -0.979. The fourth-order valence-corrected chi connectivity index (χ4v) is 3.27. The monoisotopic (exact) mass is 295 g/mol. The summed E-state index contributed by atoms with van der Waals surface area (Å²) in [7, 11) is 2.95. The summed E-state index contributed by atoms with van der Waals surface area (Å²) in [5, 5.41) is 11.1. The third-order valence-corrected chi connectivity index (χ3v) is 4.23. The average molecular weight is 295 g/mol. The molecular formula is C11H11N4O4S+. The Labute approximate surface area is 117 Å². The summed E-state index contributed by atoms with van der Waals surface area (Å²) in [6.45, 7) is 0. The first-order valence-electron chi connectivity index (χ1n) is 5.79. The van der Waals surface area contributed by atoms with Crippen molar-refractivity contribution in [3.05, 3.63) is 11.1 Å². The fourth-order valence-electron chi connectivity index (χ4n) is 2.35. The molecule has 1 atom stereocenters. The zero-order chi connectivity index (χ0) is 14.6. The number of carbonyl (C=O) groups excluding carboxylic acids is 2. The molecule has 104 valence electrons. The van der Waals surface area contributed by atoms with E-state index in [1.165, 1.54) is 23.3 Å². The van der Waals surface area contributed by atoms with Crippen LogP contribution in [0.25, 0.3) is 0 Å². The van der Waals surface area contributed by atoms with Crippen LogP contribution in [0.5, 0.6) is 0 Å². The number of amides is 3. The maximum Gasteiger partial charge on any atom is 0.385 e. The molecule has 2 aliphatic heterocycles. The van der Waals surface area contributed by atoms with Crippen LogP contribution in [-0.4, -0.2) is 52.7 Å². The first-order valence-corrected chi connectivity index (χ1v) is 6.67. The lowest BCUT2D eigenvalue weighted by Gasteiger charge is -2.29. The summed E-state index contributed by atoms with van der Waals surface area (Å²) < 4.78 is 1.59. The van der Waals surface area contributed by atoms with Crippen molar-refractivity contribution in [2.45, 2.75) is 12.5 Å². The Balaban J connectivity index is 2.09. The maximum atomic E-state index is 12.3. The molecule has 3 rings (SSSR count). The molecule has 3 amide bonds. The van der Waals surface area contributed by atoms with Crippen LogP contribution in [0.2, 0.25) is 0 Å². The van der Waals surface area contributed by atoms with Gasteiger partial charge in [0.1, 0.15) is 12.1 Å². The van der Waals surface area contributed by atoms with Crippen molar-refractivity contribution in [1.82, 2.24) is 9.80 Å². The lowest BCUT2D eigenvalue weighted by molar-refractivity contribution is -0.680. The van der Waals surface area contributed by atoms with Crippen molar-refractivity contribution in [2.75, 3.05) is 14.1 Å². The Morgan fingerprint density at radius 1 is 1.45 bits per heavy atom. The van der Waals surface area contributed by atoms with Gasteiger partial charge >= 0.3 is 17.1 Å². The third kappa shape index (κ3) is 1.56. The van der Waals surface area contributed by atoms with Gasteiger partial charge in [-0.1, -0.05) is 11.3 Å². The molecule has 2 aliphatic rings. The summed E-state index contributed by atoms with van der Waals surface area (Å²) in [5.41, 5.74) is 0.505. The summed E-state index contributed by atoms with van der Waals surface area (Å²) in [6.07, 6.45) is -0.190. The molecule has 0 saturated carbocycles. The first kappa shape index (κ1) is 12.7. The van der Waals surface area contributed by atoms with Gasteiger partial charge in [0, 0.05) is 19.5 Å². The van der Waals surface area contributed by atoms with Gasteiger partial charge in [-0.15, -0.1) is 0 Å². The second kappa shape index (κ2) is 4.10. The number of likely N-dealkylation sites (N-methyl/N-ethyl adjacent to an activating group) is 2. The highest BCUT2D eigenvalue weighted by Crippen LogP contribution is 2.31. The van der Waals surface area contributed by atoms with Crippen molar-refractivity contribution in [3.63, 3.8) is 0 Å². The van der Waals surface area contributed by atoms with Crippen molar-refractivity contribution in [2.24, 2.45) is 4.99 Å².